The van der Waals surface area contributed by atoms with Crippen LogP contribution in [-0.4, -0.2) is 95.9 Å². The van der Waals surface area contributed by atoms with Gasteiger partial charge in [0.2, 0.25) is 0 Å². The summed E-state index contributed by atoms with van der Waals surface area (Å²) in [5.74, 6) is -1.61. The van der Waals surface area contributed by atoms with Gasteiger partial charge in [-0.15, -0.1) is 0 Å². The number of carbonyl (C=O) groups is 3. The Morgan fingerprint density at radius 1 is 0.248 bits per heavy atom. The Balaban J connectivity index is 4.57. The van der Waals surface area contributed by atoms with E-state index in [1.165, 1.54) is 141 Å². The first-order valence-electron chi connectivity index (χ1n) is 46.1. The number of carbonyl (C=O) groups excluding carboxylic acids is 3. The van der Waals surface area contributed by atoms with Crippen molar-refractivity contribution in [2.75, 3.05) is 39.6 Å². The van der Waals surface area contributed by atoms with Gasteiger partial charge in [-0.3, -0.25) is 32.5 Å². The number of ether oxygens (including phenoxy) is 3. The molecule has 0 amide bonds. The summed E-state index contributed by atoms with van der Waals surface area (Å²) in [6.07, 6.45) is 118. The summed E-state index contributed by atoms with van der Waals surface area (Å²) < 4.78 is 61.4. The molecule has 0 heterocycles. The molecule has 117 heavy (non-hydrogen) atoms. The Morgan fingerprint density at radius 2 is 0.453 bits per heavy atom. The van der Waals surface area contributed by atoms with Crippen LogP contribution >= 0.6 is 15.6 Å². The van der Waals surface area contributed by atoms with E-state index in [1.807, 2.05) is 0 Å². The van der Waals surface area contributed by atoms with Crippen LogP contribution in [0.4, 0.5) is 0 Å². The third-order valence-corrected chi connectivity index (χ3v) is 21.0. The Labute approximate surface area is 713 Å². The molecule has 5 atom stereocenters. The van der Waals surface area contributed by atoms with Crippen LogP contribution in [-0.2, 0) is 55.8 Å². The molecule has 0 bridgehead atoms. The average molecular weight is 1670 g/mol. The summed E-state index contributed by atoms with van der Waals surface area (Å²) in [4.78, 5) is 59.0. The van der Waals surface area contributed by atoms with Crippen LogP contribution in [0.1, 0.15) is 367 Å². The van der Waals surface area contributed by atoms with Crippen LogP contribution < -0.4 is 0 Å². The average Bonchev–Trinajstić information content (AvgIpc) is 0.901. The number of hydrogen-bond acceptors (Lipinski definition) is 14. The lowest BCUT2D eigenvalue weighted by atomic mass is 10.0. The number of esters is 3. The van der Waals surface area contributed by atoms with Crippen molar-refractivity contribution in [2.45, 2.75) is 386 Å². The zero-order valence-corrected chi connectivity index (χ0v) is 75.4. The highest BCUT2D eigenvalue weighted by atomic mass is 31.2. The molecule has 0 saturated heterocycles. The molecule has 5 unspecified atom stereocenters. The minimum atomic E-state index is -4.95. The summed E-state index contributed by atoms with van der Waals surface area (Å²) in [6, 6.07) is 0. The van der Waals surface area contributed by atoms with Crippen molar-refractivity contribution in [3.8, 4) is 0 Å². The van der Waals surface area contributed by atoms with E-state index < -0.39 is 91.5 Å². The Morgan fingerprint density at radius 3 is 0.726 bits per heavy atom. The SMILES string of the molecule is CC/C=C\C/C=C\C/C=C\C/C=C\C/C=C\C/C=C\CCCCCCCCCCCCCCCCC(=O)OCC(O)COP(=O)(O)OCC(O)COP(=O)(O)OCC(COC(=O)CCCCCCCCCCCCCCC/C=C\C/C=C\C/C=C\C/C=C\CCCCC)OC(=O)CCCCC/C=C\C/C=C\C/C=C\C/C=C\C/C=C\CC. The van der Waals surface area contributed by atoms with E-state index in [1.54, 1.807) is 0 Å². The third kappa shape index (κ3) is 91.2. The van der Waals surface area contributed by atoms with E-state index in [9.17, 15) is 43.5 Å². The van der Waals surface area contributed by atoms with Gasteiger partial charge in [0.1, 0.15) is 25.4 Å². The van der Waals surface area contributed by atoms with Crippen molar-refractivity contribution in [2.24, 2.45) is 0 Å². The Kier molecular flexibility index (Phi) is 85.8. The fourth-order valence-electron chi connectivity index (χ4n) is 12.2. The predicted molar refractivity (Wildman–Crippen MR) is 491 cm³/mol. The second kappa shape index (κ2) is 89.9. The van der Waals surface area contributed by atoms with Crippen molar-refractivity contribution in [1.82, 2.24) is 0 Å². The lowest BCUT2D eigenvalue weighted by Crippen LogP contribution is -2.30. The van der Waals surface area contributed by atoms with Crippen LogP contribution in [0.15, 0.2) is 182 Å². The summed E-state index contributed by atoms with van der Waals surface area (Å²) in [5.41, 5.74) is 0. The van der Waals surface area contributed by atoms with Gasteiger partial charge in [-0.1, -0.05) is 370 Å². The van der Waals surface area contributed by atoms with E-state index in [0.717, 1.165) is 167 Å². The first-order chi connectivity index (χ1) is 57.2. The molecule has 0 fully saturated rings. The lowest BCUT2D eigenvalue weighted by Gasteiger charge is -2.21. The van der Waals surface area contributed by atoms with Crippen LogP contribution in [0.25, 0.3) is 0 Å². The van der Waals surface area contributed by atoms with Crippen molar-refractivity contribution >= 4 is 33.6 Å². The number of phosphoric ester groups is 2. The highest BCUT2D eigenvalue weighted by molar-refractivity contribution is 7.47. The molecule has 0 spiro atoms. The molecule has 0 aromatic heterocycles. The van der Waals surface area contributed by atoms with Gasteiger partial charge in [-0.2, -0.15) is 0 Å². The van der Waals surface area contributed by atoms with Crippen LogP contribution in [0.2, 0.25) is 0 Å². The fourth-order valence-corrected chi connectivity index (χ4v) is 13.8. The topological polar surface area (TPSA) is 231 Å². The summed E-state index contributed by atoms with van der Waals surface area (Å²) >= 11 is 0. The summed E-state index contributed by atoms with van der Waals surface area (Å²) in [5, 5.41) is 20.7. The molecular formula is C99H166O16P2. The van der Waals surface area contributed by atoms with Crippen LogP contribution in [0.5, 0.6) is 0 Å². The number of hydrogen-bond donors (Lipinski definition) is 4. The van der Waals surface area contributed by atoms with E-state index in [4.69, 9.17) is 32.3 Å². The Bertz CT molecular complexity index is 2860. The lowest BCUT2D eigenvalue weighted by molar-refractivity contribution is -0.161. The van der Waals surface area contributed by atoms with Gasteiger partial charge in [0.25, 0.3) is 0 Å². The maximum Gasteiger partial charge on any atom is 0.472 e. The molecule has 4 N–H and O–H groups in total. The van der Waals surface area contributed by atoms with Crippen molar-refractivity contribution in [1.29, 1.82) is 0 Å². The molecule has 0 aromatic carbocycles. The van der Waals surface area contributed by atoms with Gasteiger partial charge < -0.3 is 34.2 Å². The van der Waals surface area contributed by atoms with E-state index >= 15 is 0 Å². The second-order valence-electron chi connectivity index (χ2n) is 30.3. The quantitative estimate of drug-likeness (QED) is 0.0146. The molecule has 668 valence electrons. The van der Waals surface area contributed by atoms with Crippen LogP contribution in [0, 0.1) is 0 Å². The zero-order valence-electron chi connectivity index (χ0n) is 73.6. The molecule has 0 rings (SSSR count). The van der Waals surface area contributed by atoms with E-state index in [0.29, 0.717) is 19.3 Å². The first-order valence-corrected chi connectivity index (χ1v) is 49.1. The van der Waals surface area contributed by atoms with E-state index in [2.05, 4.69) is 203 Å². The van der Waals surface area contributed by atoms with Gasteiger partial charge in [0.05, 0.1) is 26.4 Å². The number of allylic oxidation sites excluding steroid dienone is 30. The second-order valence-corrected chi connectivity index (χ2v) is 33.2. The van der Waals surface area contributed by atoms with Crippen molar-refractivity contribution in [3.05, 3.63) is 182 Å². The first kappa shape index (κ1) is 112. The summed E-state index contributed by atoms with van der Waals surface area (Å²) in [7, 11) is -9.83. The molecule has 0 saturated carbocycles. The van der Waals surface area contributed by atoms with Gasteiger partial charge >= 0.3 is 33.6 Å². The Hall–Kier alpha value is -5.35. The maximum absolute atomic E-state index is 13.0. The largest absolute Gasteiger partial charge is 0.472 e. The predicted octanol–water partition coefficient (Wildman–Crippen LogP) is 28.4. The monoisotopic (exact) mass is 1670 g/mol. The number of unbranched alkanes of at least 4 members (excludes halogenated alkanes) is 33. The smallest absolute Gasteiger partial charge is 0.463 e. The van der Waals surface area contributed by atoms with Gasteiger partial charge in [-0.05, 0) is 161 Å². The minimum absolute atomic E-state index is 0.0608. The van der Waals surface area contributed by atoms with Gasteiger partial charge in [-0.25, -0.2) is 9.13 Å². The number of phosphoric acid groups is 2. The van der Waals surface area contributed by atoms with Crippen molar-refractivity contribution in [3.63, 3.8) is 0 Å². The fraction of sp³-hybridized carbons (Fsp3) is 0.667. The molecule has 0 aliphatic heterocycles. The zero-order chi connectivity index (χ0) is 85.1. The molecule has 0 aromatic rings. The van der Waals surface area contributed by atoms with Gasteiger partial charge in [0.15, 0.2) is 6.10 Å². The molecule has 0 radical (unpaired) electrons. The number of rotatable bonds is 86. The molecule has 0 aliphatic rings. The molecule has 16 nitrogen and oxygen atoms in total. The molecule has 0 aliphatic carbocycles. The highest BCUT2D eigenvalue weighted by Gasteiger charge is 2.29. The maximum atomic E-state index is 13.0. The molecular weight excluding hydrogens is 1510 g/mol. The van der Waals surface area contributed by atoms with Crippen LogP contribution in [0.3, 0.4) is 0 Å². The standard InChI is InChI=1S/C99H166O16P2/c1-4-7-10-13-16-19-22-25-28-31-34-36-38-40-42-44-45-46-47-49-51-52-54-56-59-61-64-67-70-73-76-79-82-85-97(102)109-88-94(100)89-111-116(105,106)112-90-95(101)91-113-117(107,108)114-93-96(115-99(104)87-84-81-78-75-72-69-66-63-58-33-30-27-24-21-18-15-12-9-6-3)92-110-98(103)86-83-80-77-74-71-68-65-62-60-57-55-53-50-48-43-41-39-37-35-32-29-26-23-20-17-14-11-8-5-2/h7,9-10,12,16-21,25-30,34-37,40-43,45-46,58,63,69,72,94-96,100-101H,4-6,8,11,13-15,22-24,31-33,38-39,44,47-57,59-62,64-68,70-71,73-93H2,1-3H3,(H,105,106)(H,107,108)/b10-7-,12-9-,19-16-,20-17-,21-18-,28-25-,29-26-,30-27-,36-34-,37-35-,42-40-,43-41-,46-45-,63-58-,72-69-. The van der Waals surface area contributed by atoms with Crippen molar-refractivity contribution < 1.29 is 75.8 Å². The highest BCUT2D eigenvalue weighted by Crippen LogP contribution is 2.45. The number of aliphatic hydroxyl groups is 2. The van der Waals surface area contributed by atoms with E-state index in [-0.39, 0.29) is 19.3 Å². The third-order valence-electron chi connectivity index (χ3n) is 19.1. The normalized spacial score (nSPS) is 14.6. The summed E-state index contributed by atoms with van der Waals surface area (Å²) in [6.45, 7) is 2.41. The van der Waals surface area contributed by atoms with Gasteiger partial charge in [0, 0.05) is 19.3 Å². The molecule has 18 heteroatoms. The minimum Gasteiger partial charge on any atom is -0.463 e. The number of aliphatic hydroxyl groups excluding tert-OH is 2.